The average molecular weight is 693 g/mol. The maximum atomic E-state index is 8.84. The van der Waals surface area contributed by atoms with Gasteiger partial charge in [0.1, 0.15) is 17.0 Å². The number of aromatic nitrogens is 2. The first-order valence-corrected chi connectivity index (χ1v) is 18.9. The maximum absolute atomic E-state index is 8.84. The van der Waals surface area contributed by atoms with Crippen LogP contribution in [0.3, 0.4) is 0 Å². The van der Waals surface area contributed by atoms with Crippen molar-refractivity contribution in [2.45, 2.75) is 66.7 Å². The largest absolute Gasteiger partial charge is 0.455 e. The zero-order valence-electron chi connectivity index (χ0n) is 33.6. The molecule has 53 heavy (non-hydrogen) atoms. The molecule has 0 unspecified atom stereocenters. The van der Waals surface area contributed by atoms with Crippen LogP contribution >= 0.6 is 0 Å². The van der Waals surface area contributed by atoms with E-state index in [2.05, 4.69) is 148 Å². The van der Waals surface area contributed by atoms with E-state index in [4.69, 9.17) is 12.1 Å². The normalized spacial score (nSPS) is 13.3. The molecule has 0 aliphatic heterocycles. The van der Waals surface area contributed by atoms with Crippen LogP contribution in [0.5, 0.6) is 0 Å². The van der Waals surface area contributed by atoms with Crippen molar-refractivity contribution in [3.63, 3.8) is 0 Å². The van der Waals surface area contributed by atoms with Crippen LogP contribution in [0.1, 0.15) is 79.7 Å². The van der Waals surface area contributed by atoms with E-state index < -0.39 is 11.8 Å². The summed E-state index contributed by atoms with van der Waals surface area (Å²) in [4.78, 5) is 5.38. The number of imidazole rings is 1. The van der Waals surface area contributed by atoms with Gasteiger partial charge in [0.15, 0.2) is 0 Å². The molecule has 9 rings (SSSR count). The Morgan fingerprint density at radius 1 is 0.642 bits per heavy atom. The van der Waals surface area contributed by atoms with Crippen LogP contribution in [0, 0.1) is 5.41 Å². The van der Waals surface area contributed by atoms with E-state index in [0.717, 1.165) is 61.2 Å². The highest BCUT2D eigenvalue weighted by atomic mass is 16.3. The quantitative estimate of drug-likeness (QED) is 0.162. The van der Waals surface area contributed by atoms with Gasteiger partial charge in [0, 0.05) is 13.5 Å². The van der Waals surface area contributed by atoms with Crippen molar-refractivity contribution in [3.05, 3.63) is 144 Å². The number of para-hydroxylation sites is 3. The Balaban J connectivity index is 1.28. The van der Waals surface area contributed by atoms with Crippen molar-refractivity contribution >= 4 is 54.5 Å². The topological polar surface area (TPSA) is 31.0 Å². The molecule has 0 aliphatic carbocycles. The summed E-state index contributed by atoms with van der Waals surface area (Å²) in [6.45, 7) is 14.9. The number of furan rings is 1. The molecule has 262 valence electrons. The Morgan fingerprint density at radius 2 is 1.32 bits per heavy atom. The van der Waals surface area contributed by atoms with Gasteiger partial charge in [-0.25, -0.2) is 4.98 Å². The number of fused-ring (bicyclic) bond motifs is 7. The summed E-state index contributed by atoms with van der Waals surface area (Å²) in [5, 5.41) is 6.98. The minimum absolute atomic E-state index is 0.208. The van der Waals surface area contributed by atoms with Crippen LogP contribution in [0.2, 0.25) is 0 Å². The summed E-state index contributed by atoms with van der Waals surface area (Å²) < 4.78 is 26.9. The van der Waals surface area contributed by atoms with Crippen molar-refractivity contribution < 1.29 is 7.16 Å². The molecule has 0 amide bonds. The highest BCUT2D eigenvalue weighted by Crippen LogP contribution is 2.43. The van der Waals surface area contributed by atoms with Crippen LogP contribution in [0.4, 0.5) is 0 Å². The molecule has 0 aliphatic rings. The average Bonchev–Trinajstić information content (AvgIpc) is 3.74. The Kier molecular flexibility index (Phi) is 7.28. The predicted octanol–water partition coefficient (Wildman–Crippen LogP) is 14.4. The fourth-order valence-electron chi connectivity index (χ4n) is 8.07. The SMILES string of the molecule is [2H]C([2H])(c1ccc(-c2cc(C(C)C)c(-n3c(-c4cccc5c4oc4cc6c(ccc7ccccc76)cc45)nc4ccccc43)c(C(C)C)c2)cc1)C(C)(C)C. The monoisotopic (exact) mass is 692 g/mol. The highest BCUT2D eigenvalue weighted by Gasteiger charge is 2.25. The van der Waals surface area contributed by atoms with E-state index in [1.807, 2.05) is 32.9 Å². The maximum Gasteiger partial charge on any atom is 0.149 e. The van der Waals surface area contributed by atoms with E-state index >= 15 is 0 Å². The Labute approximate surface area is 314 Å². The number of nitrogens with zero attached hydrogens (tertiary/aromatic N) is 2. The molecule has 0 atom stereocenters. The third-order valence-corrected chi connectivity index (χ3v) is 10.5. The van der Waals surface area contributed by atoms with Gasteiger partial charge in [-0.1, -0.05) is 133 Å². The van der Waals surface area contributed by atoms with Gasteiger partial charge < -0.3 is 4.42 Å². The fraction of sp³-hybridized carbons (Fsp3) is 0.220. The Bertz CT molecular complexity index is 2910. The second-order valence-electron chi connectivity index (χ2n) is 16.2. The van der Waals surface area contributed by atoms with E-state index in [1.165, 1.54) is 32.7 Å². The van der Waals surface area contributed by atoms with Crippen LogP contribution in [0.15, 0.2) is 132 Å². The lowest BCUT2D eigenvalue weighted by molar-refractivity contribution is 0.411. The number of benzene rings is 7. The van der Waals surface area contributed by atoms with Gasteiger partial charge in [0.2, 0.25) is 0 Å². The molecule has 0 saturated heterocycles. The first kappa shape index (κ1) is 30.9. The molecule has 0 bridgehead atoms. The summed E-state index contributed by atoms with van der Waals surface area (Å²) in [6.07, 6.45) is -1.45. The molecule has 0 spiro atoms. The van der Waals surface area contributed by atoms with Crippen molar-refractivity contribution in [3.8, 4) is 28.2 Å². The molecule has 3 nitrogen and oxygen atoms in total. The molecule has 0 N–H and O–H groups in total. The van der Waals surface area contributed by atoms with E-state index in [9.17, 15) is 0 Å². The summed E-state index contributed by atoms with van der Waals surface area (Å²) >= 11 is 0. The predicted molar refractivity (Wildman–Crippen MR) is 226 cm³/mol. The van der Waals surface area contributed by atoms with Gasteiger partial charge in [-0.15, -0.1) is 0 Å². The van der Waals surface area contributed by atoms with Crippen molar-refractivity contribution in [2.75, 3.05) is 0 Å². The first-order chi connectivity index (χ1) is 26.3. The van der Waals surface area contributed by atoms with Gasteiger partial charge in [-0.2, -0.15) is 0 Å². The van der Waals surface area contributed by atoms with Crippen molar-refractivity contribution in [2.24, 2.45) is 5.41 Å². The lowest BCUT2D eigenvalue weighted by atomic mass is 9.86. The van der Waals surface area contributed by atoms with Crippen LogP contribution in [-0.4, -0.2) is 9.55 Å². The Hall–Kier alpha value is -5.67. The van der Waals surface area contributed by atoms with Gasteiger partial charge in [0.25, 0.3) is 0 Å². The van der Waals surface area contributed by atoms with Crippen molar-refractivity contribution in [1.29, 1.82) is 0 Å². The van der Waals surface area contributed by atoms with Crippen LogP contribution < -0.4 is 0 Å². The molecular formula is C50H46N2O. The summed E-state index contributed by atoms with van der Waals surface area (Å²) in [7, 11) is 0. The molecule has 0 saturated carbocycles. The standard InChI is InChI=1S/C50H46N2O/c1-30(2)40-26-36(33-21-19-32(20-22-33)29-50(5,6)7)27-41(31(3)4)47(40)52-45-18-11-10-17-44(45)51-49(52)39-16-12-15-38-43-25-35-24-23-34-13-8-9-14-37(34)42(35)28-46(43)53-48(38)39/h8-28,30-31H,29H2,1-7H3/i29D2. The van der Waals surface area contributed by atoms with E-state index in [1.54, 1.807) is 0 Å². The fourth-order valence-corrected chi connectivity index (χ4v) is 8.07. The third kappa shape index (κ3) is 5.70. The molecule has 3 heteroatoms. The van der Waals surface area contributed by atoms with Crippen molar-refractivity contribution in [1.82, 2.24) is 9.55 Å². The molecule has 2 aromatic heterocycles. The molecule has 9 aromatic rings. The Morgan fingerprint density at radius 3 is 2.06 bits per heavy atom. The van der Waals surface area contributed by atoms with Gasteiger partial charge in [-0.3, -0.25) is 4.57 Å². The minimum Gasteiger partial charge on any atom is -0.455 e. The third-order valence-electron chi connectivity index (χ3n) is 10.5. The lowest BCUT2D eigenvalue weighted by Gasteiger charge is -2.24. The first-order valence-electron chi connectivity index (χ1n) is 19.9. The second kappa shape index (κ2) is 12.5. The van der Waals surface area contributed by atoms with E-state index in [-0.39, 0.29) is 11.8 Å². The van der Waals surface area contributed by atoms with Gasteiger partial charge in [0.05, 0.1) is 22.3 Å². The minimum atomic E-state index is -1.45. The number of hydrogen-bond donors (Lipinski definition) is 0. The summed E-state index contributed by atoms with van der Waals surface area (Å²) in [6, 6.07) is 45.0. The van der Waals surface area contributed by atoms with Crippen LogP contribution in [-0.2, 0) is 6.37 Å². The zero-order chi connectivity index (χ0) is 38.4. The summed E-state index contributed by atoms with van der Waals surface area (Å²) in [5.74, 6) is 1.27. The lowest BCUT2D eigenvalue weighted by Crippen LogP contribution is -2.10. The molecule has 2 heterocycles. The summed E-state index contributed by atoms with van der Waals surface area (Å²) in [5.41, 5.74) is 10.6. The van der Waals surface area contributed by atoms with Crippen LogP contribution in [0.25, 0.3) is 82.7 Å². The molecule has 0 fully saturated rings. The van der Waals surface area contributed by atoms with Gasteiger partial charge in [-0.05, 0) is 115 Å². The van der Waals surface area contributed by atoms with Gasteiger partial charge >= 0.3 is 0 Å². The van der Waals surface area contributed by atoms with E-state index in [0.29, 0.717) is 5.56 Å². The smallest absolute Gasteiger partial charge is 0.149 e. The number of hydrogen-bond acceptors (Lipinski definition) is 2. The molecule has 0 radical (unpaired) electrons. The zero-order valence-corrected chi connectivity index (χ0v) is 31.6. The molecule has 7 aromatic carbocycles. The second-order valence-corrected chi connectivity index (χ2v) is 16.2. The number of rotatable bonds is 6. The highest BCUT2D eigenvalue weighted by molar-refractivity contribution is 6.17. The molecular weight excluding hydrogens is 645 g/mol.